The van der Waals surface area contributed by atoms with Gasteiger partial charge in [-0.15, -0.1) is 0 Å². The third-order valence-corrected chi connectivity index (χ3v) is 3.15. The molecule has 118 valence electrons. The number of nitrogens with one attached hydrogen (secondary N) is 1. The molecule has 1 aromatic carbocycles. The number of halogens is 2. The SMILES string of the molecule is COC(=O)[C@@H](NC(=O)Cc1c(F)cccc1F)[C@H](C)CC#N. The first-order chi connectivity index (χ1) is 10.4. The lowest BCUT2D eigenvalue weighted by Gasteiger charge is -2.21. The molecule has 1 rings (SSSR count). The third-order valence-electron chi connectivity index (χ3n) is 3.15. The van der Waals surface area contributed by atoms with E-state index in [1.165, 1.54) is 6.07 Å². The summed E-state index contributed by atoms with van der Waals surface area (Å²) < 4.78 is 31.6. The van der Waals surface area contributed by atoms with Crippen molar-refractivity contribution in [1.82, 2.24) is 5.32 Å². The van der Waals surface area contributed by atoms with Crippen molar-refractivity contribution in [3.8, 4) is 6.07 Å². The summed E-state index contributed by atoms with van der Waals surface area (Å²) in [5.41, 5.74) is -0.378. The maximum Gasteiger partial charge on any atom is 0.328 e. The Morgan fingerprint density at radius 2 is 1.95 bits per heavy atom. The topological polar surface area (TPSA) is 79.2 Å². The Labute approximate surface area is 126 Å². The Balaban J connectivity index is 2.84. The first-order valence-corrected chi connectivity index (χ1v) is 6.57. The van der Waals surface area contributed by atoms with E-state index >= 15 is 0 Å². The summed E-state index contributed by atoms with van der Waals surface area (Å²) in [6.07, 6.45) is -0.528. The van der Waals surface area contributed by atoms with Crippen molar-refractivity contribution in [3.05, 3.63) is 35.4 Å². The van der Waals surface area contributed by atoms with E-state index in [1.54, 1.807) is 6.92 Å². The zero-order chi connectivity index (χ0) is 16.7. The predicted molar refractivity (Wildman–Crippen MR) is 73.4 cm³/mol. The third kappa shape index (κ3) is 4.52. The molecule has 0 radical (unpaired) electrons. The highest BCUT2D eigenvalue weighted by Gasteiger charge is 2.28. The lowest BCUT2D eigenvalue weighted by molar-refractivity contribution is -0.146. The summed E-state index contributed by atoms with van der Waals surface area (Å²) in [6.45, 7) is 1.59. The molecule has 0 saturated carbocycles. The largest absolute Gasteiger partial charge is 0.467 e. The summed E-state index contributed by atoms with van der Waals surface area (Å²) in [7, 11) is 1.15. The molecule has 1 amide bonds. The van der Waals surface area contributed by atoms with Gasteiger partial charge >= 0.3 is 5.97 Å². The van der Waals surface area contributed by atoms with Crippen molar-refractivity contribution in [2.24, 2.45) is 5.92 Å². The number of hydrogen-bond acceptors (Lipinski definition) is 4. The number of esters is 1. The monoisotopic (exact) mass is 310 g/mol. The van der Waals surface area contributed by atoms with Gasteiger partial charge in [0.15, 0.2) is 0 Å². The van der Waals surface area contributed by atoms with Crippen LogP contribution < -0.4 is 5.32 Å². The fourth-order valence-electron chi connectivity index (χ4n) is 1.91. The van der Waals surface area contributed by atoms with E-state index in [-0.39, 0.29) is 12.0 Å². The molecule has 2 atom stereocenters. The molecule has 0 aliphatic rings. The van der Waals surface area contributed by atoms with Crippen LogP contribution >= 0.6 is 0 Å². The van der Waals surface area contributed by atoms with Crippen LogP contribution in [0.1, 0.15) is 18.9 Å². The van der Waals surface area contributed by atoms with Gasteiger partial charge in [0.2, 0.25) is 5.91 Å². The maximum absolute atomic E-state index is 13.5. The van der Waals surface area contributed by atoms with Gasteiger partial charge in [-0.3, -0.25) is 4.79 Å². The van der Waals surface area contributed by atoms with Crippen molar-refractivity contribution in [1.29, 1.82) is 5.26 Å². The second kappa shape index (κ2) is 8.08. The number of methoxy groups -OCH3 is 1. The standard InChI is InChI=1S/C15H16F2N2O3/c1-9(6-7-18)14(15(21)22-2)19-13(20)8-10-11(16)4-3-5-12(10)17/h3-5,9,14H,6,8H2,1-2H3,(H,19,20)/t9-,14+/m1/s1. The zero-order valence-corrected chi connectivity index (χ0v) is 12.2. The van der Waals surface area contributed by atoms with Crippen LogP contribution in [-0.2, 0) is 20.7 Å². The summed E-state index contributed by atoms with van der Waals surface area (Å²) in [5.74, 6) is -3.62. The number of carbonyl (C=O) groups is 2. The van der Waals surface area contributed by atoms with Crippen LogP contribution in [0, 0.1) is 28.9 Å². The molecule has 0 fully saturated rings. The molecule has 0 aromatic heterocycles. The minimum Gasteiger partial charge on any atom is -0.467 e. The number of nitriles is 1. The van der Waals surface area contributed by atoms with Crippen LogP contribution in [0.25, 0.3) is 0 Å². The lowest BCUT2D eigenvalue weighted by Crippen LogP contribution is -2.46. The smallest absolute Gasteiger partial charge is 0.328 e. The van der Waals surface area contributed by atoms with Crippen LogP contribution in [-0.4, -0.2) is 25.0 Å². The van der Waals surface area contributed by atoms with Gasteiger partial charge in [-0.1, -0.05) is 13.0 Å². The van der Waals surface area contributed by atoms with E-state index in [1.807, 2.05) is 6.07 Å². The molecule has 0 spiro atoms. The Kier molecular flexibility index (Phi) is 6.45. The molecule has 22 heavy (non-hydrogen) atoms. The number of nitrogens with zero attached hydrogens (tertiary/aromatic N) is 1. The molecule has 0 bridgehead atoms. The Hall–Kier alpha value is -2.49. The van der Waals surface area contributed by atoms with Crippen molar-refractivity contribution in [2.45, 2.75) is 25.8 Å². The number of benzene rings is 1. The van der Waals surface area contributed by atoms with Gasteiger partial charge in [0.05, 0.1) is 19.6 Å². The summed E-state index contributed by atoms with van der Waals surface area (Å²) >= 11 is 0. The first-order valence-electron chi connectivity index (χ1n) is 6.57. The molecule has 0 saturated heterocycles. The molecule has 7 heteroatoms. The molecule has 5 nitrogen and oxygen atoms in total. The summed E-state index contributed by atoms with van der Waals surface area (Å²) in [6, 6.07) is 4.12. The molecule has 0 aliphatic heterocycles. The highest BCUT2D eigenvalue weighted by atomic mass is 19.1. The van der Waals surface area contributed by atoms with Crippen molar-refractivity contribution >= 4 is 11.9 Å². The summed E-state index contributed by atoms with van der Waals surface area (Å²) in [5, 5.41) is 11.0. The van der Waals surface area contributed by atoms with Gasteiger partial charge in [-0.05, 0) is 12.1 Å². The van der Waals surface area contributed by atoms with Crippen molar-refractivity contribution < 1.29 is 23.1 Å². The van der Waals surface area contributed by atoms with E-state index in [0.29, 0.717) is 0 Å². The quantitative estimate of drug-likeness (QED) is 0.811. The van der Waals surface area contributed by atoms with Crippen molar-refractivity contribution in [3.63, 3.8) is 0 Å². The average Bonchev–Trinajstić information content (AvgIpc) is 2.48. The Morgan fingerprint density at radius 3 is 2.45 bits per heavy atom. The molecule has 1 aromatic rings. The second-order valence-corrected chi connectivity index (χ2v) is 4.78. The fraction of sp³-hybridized carbons (Fsp3) is 0.400. The molecule has 0 aliphatic carbocycles. The highest BCUT2D eigenvalue weighted by molar-refractivity contribution is 5.85. The number of amides is 1. The second-order valence-electron chi connectivity index (χ2n) is 4.78. The zero-order valence-electron chi connectivity index (χ0n) is 12.2. The average molecular weight is 310 g/mol. The predicted octanol–water partition coefficient (Wildman–Crippen LogP) is 1.71. The van der Waals surface area contributed by atoms with Crippen LogP contribution in [0.3, 0.4) is 0 Å². The van der Waals surface area contributed by atoms with E-state index in [9.17, 15) is 18.4 Å². The lowest BCUT2D eigenvalue weighted by atomic mass is 9.98. The number of ether oxygens (including phenoxy) is 1. The molecule has 0 heterocycles. The number of carbonyl (C=O) groups excluding carboxylic acids is 2. The van der Waals surface area contributed by atoms with Gasteiger partial charge in [-0.25, -0.2) is 13.6 Å². The van der Waals surface area contributed by atoms with E-state index in [0.717, 1.165) is 19.2 Å². The van der Waals surface area contributed by atoms with Gasteiger partial charge in [0.1, 0.15) is 17.7 Å². The van der Waals surface area contributed by atoms with Crippen molar-refractivity contribution in [2.75, 3.05) is 7.11 Å². The van der Waals surface area contributed by atoms with Gasteiger partial charge in [0.25, 0.3) is 0 Å². The minimum atomic E-state index is -1.05. The normalized spacial score (nSPS) is 12.9. The van der Waals surface area contributed by atoms with E-state index in [2.05, 4.69) is 10.1 Å². The molecular weight excluding hydrogens is 294 g/mol. The Bertz CT molecular complexity index is 579. The van der Waals surface area contributed by atoms with Gasteiger partial charge in [-0.2, -0.15) is 5.26 Å². The van der Waals surface area contributed by atoms with E-state index in [4.69, 9.17) is 5.26 Å². The molecule has 1 N–H and O–H groups in total. The minimum absolute atomic E-state index is 0.0219. The molecule has 0 unspecified atom stereocenters. The summed E-state index contributed by atoms with van der Waals surface area (Å²) in [4.78, 5) is 23.6. The van der Waals surface area contributed by atoms with Crippen LogP contribution in [0.4, 0.5) is 8.78 Å². The number of rotatable bonds is 6. The van der Waals surface area contributed by atoms with E-state index < -0.39 is 41.9 Å². The van der Waals surface area contributed by atoms with Gasteiger partial charge < -0.3 is 10.1 Å². The Morgan fingerprint density at radius 1 is 1.36 bits per heavy atom. The number of hydrogen-bond donors (Lipinski definition) is 1. The maximum atomic E-state index is 13.5. The van der Waals surface area contributed by atoms with Crippen LogP contribution in [0.5, 0.6) is 0 Å². The van der Waals surface area contributed by atoms with Crippen LogP contribution in [0.15, 0.2) is 18.2 Å². The fourth-order valence-corrected chi connectivity index (χ4v) is 1.91. The highest BCUT2D eigenvalue weighted by Crippen LogP contribution is 2.14. The molecular formula is C15H16F2N2O3. The van der Waals surface area contributed by atoms with Crippen LogP contribution in [0.2, 0.25) is 0 Å². The first kappa shape index (κ1) is 17.6. The van der Waals surface area contributed by atoms with Gasteiger partial charge in [0, 0.05) is 17.9 Å².